The first-order valence-electron chi connectivity index (χ1n) is 4.66. The summed E-state index contributed by atoms with van der Waals surface area (Å²) in [6.07, 6.45) is 4.80. The van der Waals surface area contributed by atoms with Crippen molar-refractivity contribution in [1.82, 2.24) is 15.0 Å². The lowest BCUT2D eigenvalue weighted by Gasteiger charge is -2.01. The molecule has 0 amide bonds. The van der Waals surface area contributed by atoms with Crippen LogP contribution in [-0.2, 0) is 0 Å². The minimum Gasteiger partial charge on any atom is -0.492 e. The molecule has 2 aromatic rings. The van der Waals surface area contributed by atoms with Gasteiger partial charge in [-0.2, -0.15) is 4.98 Å². The normalized spacial score (nSPS) is 10.9. The van der Waals surface area contributed by atoms with Gasteiger partial charge in [-0.1, -0.05) is 6.07 Å². The number of nitrogens with two attached hydrogens (primary N) is 1. The molecular formula is C10H9N5OS. The van der Waals surface area contributed by atoms with Crippen molar-refractivity contribution < 1.29 is 5.11 Å². The van der Waals surface area contributed by atoms with E-state index in [-0.39, 0.29) is 22.5 Å². The molecule has 2 rings (SSSR count). The zero-order valence-corrected chi connectivity index (χ0v) is 9.54. The van der Waals surface area contributed by atoms with Gasteiger partial charge in [0.05, 0.1) is 0 Å². The maximum Gasteiger partial charge on any atom is 0.243 e. The summed E-state index contributed by atoms with van der Waals surface area (Å²) in [6, 6.07) is 3.59. The Bertz CT molecular complexity index is 535. The van der Waals surface area contributed by atoms with Gasteiger partial charge in [0, 0.05) is 24.2 Å². The lowest BCUT2D eigenvalue weighted by atomic mass is 10.3. The zero-order chi connectivity index (χ0) is 12.3. The van der Waals surface area contributed by atoms with Crippen LogP contribution in [0.3, 0.4) is 0 Å². The molecule has 7 heteroatoms. The number of hydrogen-bond acceptors (Lipinski definition) is 7. The third-order valence-corrected chi connectivity index (χ3v) is 2.11. The van der Waals surface area contributed by atoms with Crippen molar-refractivity contribution in [3.63, 3.8) is 0 Å². The second-order valence-electron chi connectivity index (χ2n) is 3.13. The first-order chi connectivity index (χ1) is 8.16. The highest BCUT2D eigenvalue weighted by Crippen LogP contribution is 2.29. The standard InChI is InChI=1S/C10H9N5OS/c11-8-7(9(16)15-10(17)14-8)13-5-6-2-1-3-12-4-6/h1-5H,(H4,11,14,15,16,17)/b13-5+. The Balaban J connectivity index is 2.34. The van der Waals surface area contributed by atoms with E-state index >= 15 is 0 Å². The molecule has 0 aliphatic heterocycles. The number of anilines is 1. The van der Waals surface area contributed by atoms with Crippen LogP contribution >= 0.6 is 12.6 Å². The number of thiol groups is 1. The van der Waals surface area contributed by atoms with Crippen molar-refractivity contribution in [1.29, 1.82) is 0 Å². The molecule has 0 fully saturated rings. The van der Waals surface area contributed by atoms with Crippen molar-refractivity contribution in [2.75, 3.05) is 5.73 Å². The van der Waals surface area contributed by atoms with Gasteiger partial charge in [-0.25, -0.2) is 9.98 Å². The summed E-state index contributed by atoms with van der Waals surface area (Å²) in [7, 11) is 0. The largest absolute Gasteiger partial charge is 0.492 e. The maximum atomic E-state index is 9.54. The van der Waals surface area contributed by atoms with E-state index < -0.39 is 0 Å². The minimum atomic E-state index is -0.303. The molecule has 0 aliphatic carbocycles. The summed E-state index contributed by atoms with van der Waals surface area (Å²) < 4.78 is 0. The Morgan fingerprint density at radius 3 is 2.88 bits per heavy atom. The summed E-state index contributed by atoms with van der Waals surface area (Å²) >= 11 is 3.89. The second-order valence-corrected chi connectivity index (χ2v) is 3.53. The van der Waals surface area contributed by atoms with Crippen molar-refractivity contribution in [3.05, 3.63) is 30.1 Å². The van der Waals surface area contributed by atoms with Crippen molar-refractivity contribution in [2.45, 2.75) is 5.16 Å². The lowest BCUT2D eigenvalue weighted by Crippen LogP contribution is -1.94. The van der Waals surface area contributed by atoms with Crippen molar-refractivity contribution in [3.8, 4) is 5.88 Å². The van der Waals surface area contributed by atoms with Gasteiger partial charge in [0.1, 0.15) is 0 Å². The van der Waals surface area contributed by atoms with Crippen LogP contribution in [-0.4, -0.2) is 26.3 Å². The molecule has 0 saturated carbocycles. The lowest BCUT2D eigenvalue weighted by molar-refractivity contribution is 0.448. The number of hydrogen-bond donors (Lipinski definition) is 3. The molecule has 86 valence electrons. The molecule has 0 bridgehead atoms. The van der Waals surface area contributed by atoms with E-state index in [1.165, 1.54) is 6.21 Å². The molecule has 0 unspecified atom stereocenters. The van der Waals surface area contributed by atoms with Gasteiger partial charge in [-0.15, -0.1) is 12.6 Å². The smallest absolute Gasteiger partial charge is 0.243 e. The molecule has 0 spiro atoms. The average Bonchev–Trinajstić information content (AvgIpc) is 2.29. The van der Waals surface area contributed by atoms with E-state index in [9.17, 15) is 5.11 Å². The quantitative estimate of drug-likeness (QED) is 0.421. The Hall–Kier alpha value is -2.15. The Kier molecular flexibility index (Phi) is 3.20. The predicted molar refractivity (Wildman–Crippen MR) is 66.9 cm³/mol. The van der Waals surface area contributed by atoms with Gasteiger partial charge in [-0.3, -0.25) is 4.98 Å². The van der Waals surface area contributed by atoms with Crippen LogP contribution < -0.4 is 5.73 Å². The fourth-order valence-corrected chi connectivity index (χ4v) is 1.37. The topological polar surface area (TPSA) is 97.3 Å². The summed E-state index contributed by atoms with van der Waals surface area (Å²) in [6.45, 7) is 0. The fraction of sp³-hybridized carbons (Fsp3) is 0. The highest BCUT2D eigenvalue weighted by Gasteiger charge is 2.08. The summed E-state index contributed by atoms with van der Waals surface area (Å²) in [4.78, 5) is 15.4. The molecule has 6 nitrogen and oxygen atoms in total. The molecule has 0 aliphatic rings. The number of rotatable bonds is 2. The SMILES string of the molecule is Nc1nc(S)nc(O)c1/N=C/c1cccnc1. The maximum absolute atomic E-state index is 9.54. The summed E-state index contributed by atoms with van der Waals surface area (Å²) in [5, 5.41) is 9.64. The zero-order valence-electron chi connectivity index (χ0n) is 8.65. The van der Waals surface area contributed by atoms with E-state index in [4.69, 9.17) is 5.73 Å². The third kappa shape index (κ3) is 2.70. The van der Waals surface area contributed by atoms with Crippen LogP contribution in [0.5, 0.6) is 5.88 Å². The highest BCUT2D eigenvalue weighted by molar-refractivity contribution is 7.80. The van der Waals surface area contributed by atoms with E-state index in [1.807, 2.05) is 6.07 Å². The molecule has 2 aromatic heterocycles. The number of aliphatic imine (C=N–C) groups is 1. The van der Waals surface area contributed by atoms with Crippen molar-refractivity contribution in [2.24, 2.45) is 4.99 Å². The van der Waals surface area contributed by atoms with Gasteiger partial charge in [0.2, 0.25) is 5.88 Å². The average molecular weight is 247 g/mol. The van der Waals surface area contributed by atoms with E-state index in [0.29, 0.717) is 0 Å². The first kappa shape index (κ1) is 11.3. The molecule has 2 heterocycles. The van der Waals surface area contributed by atoms with E-state index in [2.05, 4.69) is 32.6 Å². The van der Waals surface area contributed by atoms with Crippen LogP contribution in [0, 0.1) is 0 Å². The summed E-state index contributed by atoms with van der Waals surface area (Å²) in [5.41, 5.74) is 6.49. The minimum absolute atomic E-state index is 0.0719. The number of aromatic hydroxyl groups is 1. The highest BCUT2D eigenvalue weighted by atomic mass is 32.1. The molecular weight excluding hydrogens is 238 g/mol. The van der Waals surface area contributed by atoms with Crippen LogP contribution in [0.2, 0.25) is 0 Å². The van der Waals surface area contributed by atoms with Gasteiger partial charge in [0.25, 0.3) is 0 Å². The van der Waals surface area contributed by atoms with Crippen LogP contribution in [0.4, 0.5) is 11.5 Å². The Morgan fingerprint density at radius 1 is 1.41 bits per heavy atom. The third-order valence-electron chi connectivity index (χ3n) is 1.91. The molecule has 3 N–H and O–H groups in total. The monoisotopic (exact) mass is 247 g/mol. The van der Waals surface area contributed by atoms with Crippen molar-refractivity contribution >= 4 is 30.3 Å². The van der Waals surface area contributed by atoms with Crippen LogP contribution in [0.1, 0.15) is 5.56 Å². The number of pyridine rings is 1. The van der Waals surface area contributed by atoms with Crippen LogP contribution in [0.25, 0.3) is 0 Å². The summed E-state index contributed by atoms with van der Waals surface area (Å²) in [5.74, 6) is -0.231. The van der Waals surface area contributed by atoms with Gasteiger partial charge < -0.3 is 10.8 Å². The van der Waals surface area contributed by atoms with Gasteiger partial charge in [0.15, 0.2) is 16.7 Å². The van der Waals surface area contributed by atoms with Gasteiger partial charge >= 0.3 is 0 Å². The molecule has 0 radical (unpaired) electrons. The first-order valence-corrected chi connectivity index (χ1v) is 5.11. The Morgan fingerprint density at radius 2 is 2.24 bits per heavy atom. The Labute approximate surface area is 103 Å². The van der Waals surface area contributed by atoms with Crippen LogP contribution in [0.15, 0.2) is 34.7 Å². The number of aromatic nitrogens is 3. The molecule has 0 atom stereocenters. The second kappa shape index (κ2) is 4.79. The molecule has 17 heavy (non-hydrogen) atoms. The predicted octanol–water partition coefficient (Wildman–Crippen LogP) is 1.20. The molecule has 0 saturated heterocycles. The molecule has 0 aromatic carbocycles. The van der Waals surface area contributed by atoms with Gasteiger partial charge in [-0.05, 0) is 6.07 Å². The van der Waals surface area contributed by atoms with E-state index in [0.717, 1.165) is 5.56 Å². The number of nitrogen functional groups attached to an aromatic ring is 1. The number of nitrogens with zero attached hydrogens (tertiary/aromatic N) is 4. The fourth-order valence-electron chi connectivity index (χ4n) is 1.16. The van der Waals surface area contributed by atoms with E-state index in [1.54, 1.807) is 18.5 Å².